The van der Waals surface area contributed by atoms with Gasteiger partial charge in [-0.1, -0.05) is 60.5 Å². The van der Waals surface area contributed by atoms with Crippen molar-refractivity contribution in [3.8, 4) is 21.0 Å². The molecule has 0 heterocycles. The third-order valence-corrected chi connectivity index (χ3v) is 3.16. The molecule has 0 aromatic heterocycles. The highest BCUT2D eigenvalue weighted by Gasteiger charge is 2.04. The van der Waals surface area contributed by atoms with Crippen molar-refractivity contribution in [2.75, 3.05) is 6.61 Å². The topological polar surface area (TPSA) is 26.3 Å². The van der Waals surface area contributed by atoms with Crippen LogP contribution in [0.1, 0.15) is 5.56 Å². The summed E-state index contributed by atoms with van der Waals surface area (Å²) >= 11 is 1.91. The zero-order valence-electron chi connectivity index (χ0n) is 10.8. The van der Waals surface area contributed by atoms with Crippen LogP contribution in [0, 0.1) is 9.85 Å². The molecule has 0 fully saturated rings. The molecule has 0 N–H and O–H groups in total. The molecule has 0 unspecified atom stereocenters. The molecule has 0 aliphatic heterocycles. The van der Waals surface area contributed by atoms with E-state index in [4.69, 9.17) is 4.74 Å². The highest BCUT2D eigenvalue weighted by molar-refractivity contribution is 14.1. The van der Waals surface area contributed by atoms with E-state index in [1.54, 1.807) is 0 Å². The molecule has 2 aromatic carbocycles. The second kappa shape index (κ2) is 7.71. The fraction of sp³-hybridized carbons (Fsp3) is 0.118. The third-order valence-electron chi connectivity index (χ3n) is 2.78. The Morgan fingerprint density at radius 1 is 1.00 bits per heavy atom. The number of carbonyl (C=O) groups excluding carboxylic acids is 1. The van der Waals surface area contributed by atoms with Gasteiger partial charge >= 0.3 is 5.97 Å². The van der Waals surface area contributed by atoms with Crippen LogP contribution in [0.3, 0.4) is 0 Å². The number of hydrogen-bond acceptors (Lipinski definition) is 2. The Balaban J connectivity index is 1.98. The van der Waals surface area contributed by atoms with Gasteiger partial charge in [0, 0.05) is 22.6 Å². The number of hydrogen-bond donors (Lipinski definition) is 0. The van der Waals surface area contributed by atoms with Crippen molar-refractivity contribution in [3.05, 3.63) is 60.2 Å². The first kappa shape index (κ1) is 14.6. The molecular formula is C17H13IO2. The standard InChI is InChI=1S/C17H13IO2/c18-11-4-12-20-17(19)13-14-7-9-16(10-8-14)15-5-2-1-3-6-15/h1-3,5-10H,12-13H2. The average molecular weight is 376 g/mol. The monoisotopic (exact) mass is 376 g/mol. The summed E-state index contributed by atoms with van der Waals surface area (Å²) in [6.45, 7) is 0.157. The van der Waals surface area contributed by atoms with E-state index < -0.39 is 0 Å². The summed E-state index contributed by atoms with van der Waals surface area (Å²) in [5, 5.41) is 0. The molecule has 0 aliphatic carbocycles. The van der Waals surface area contributed by atoms with Crippen LogP contribution < -0.4 is 0 Å². The Hall–Kier alpha value is -1.80. The molecule has 2 nitrogen and oxygen atoms in total. The molecule has 0 spiro atoms. The Morgan fingerprint density at radius 3 is 2.30 bits per heavy atom. The number of carbonyl (C=O) groups is 1. The summed E-state index contributed by atoms with van der Waals surface area (Å²) < 4.78 is 7.64. The summed E-state index contributed by atoms with van der Waals surface area (Å²) in [6.07, 6.45) is 0.276. The smallest absolute Gasteiger partial charge is 0.311 e. The fourth-order valence-electron chi connectivity index (χ4n) is 1.81. The minimum atomic E-state index is -0.253. The van der Waals surface area contributed by atoms with Crippen LogP contribution in [0.25, 0.3) is 11.1 Å². The summed E-state index contributed by atoms with van der Waals surface area (Å²) in [5.74, 6) is 2.44. The van der Waals surface area contributed by atoms with Crippen LogP contribution in [0.15, 0.2) is 54.6 Å². The molecule has 0 radical (unpaired) electrons. The molecule has 2 rings (SSSR count). The molecule has 0 saturated heterocycles. The van der Waals surface area contributed by atoms with Gasteiger partial charge in [-0.15, -0.1) is 0 Å². The second-order valence-corrected chi connectivity index (χ2v) is 4.71. The van der Waals surface area contributed by atoms with Crippen molar-refractivity contribution in [2.24, 2.45) is 0 Å². The normalized spacial score (nSPS) is 9.45. The first-order valence-electron chi connectivity index (χ1n) is 6.18. The molecule has 2 aromatic rings. The lowest BCUT2D eigenvalue weighted by molar-refractivity contribution is -0.141. The van der Waals surface area contributed by atoms with E-state index in [-0.39, 0.29) is 19.0 Å². The van der Waals surface area contributed by atoms with Crippen molar-refractivity contribution in [3.63, 3.8) is 0 Å². The zero-order valence-corrected chi connectivity index (χ0v) is 13.0. The Labute approximate surface area is 132 Å². The number of rotatable bonds is 4. The minimum Gasteiger partial charge on any atom is -0.452 e. The van der Waals surface area contributed by atoms with Crippen LogP contribution in [0.4, 0.5) is 0 Å². The van der Waals surface area contributed by atoms with Gasteiger partial charge in [-0.25, -0.2) is 0 Å². The van der Waals surface area contributed by atoms with E-state index in [2.05, 4.69) is 22.0 Å². The van der Waals surface area contributed by atoms with Crippen LogP contribution in [-0.2, 0) is 16.0 Å². The molecule has 100 valence electrons. The molecular weight excluding hydrogens is 363 g/mol. The molecule has 20 heavy (non-hydrogen) atoms. The van der Waals surface area contributed by atoms with Gasteiger partial charge < -0.3 is 4.74 Å². The van der Waals surface area contributed by atoms with Crippen LogP contribution in [0.5, 0.6) is 0 Å². The van der Waals surface area contributed by atoms with Gasteiger partial charge in [0.1, 0.15) is 0 Å². The van der Waals surface area contributed by atoms with Gasteiger partial charge in [0.15, 0.2) is 6.61 Å². The number of esters is 1. The quantitative estimate of drug-likeness (QED) is 0.461. The molecule has 0 saturated carbocycles. The second-order valence-electron chi connectivity index (χ2n) is 4.17. The van der Waals surface area contributed by atoms with E-state index >= 15 is 0 Å². The predicted molar refractivity (Wildman–Crippen MR) is 88.3 cm³/mol. The van der Waals surface area contributed by atoms with Gasteiger partial charge in [0.05, 0.1) is 6.42 Å². The molecule has 0 amide bonds. The maximum Gasteiger partial charge on any atom is 0.311 e. The first-order valence-corrected chi connectivity index (χ1v) is 7.26. The number of halogens is 1. The predicted octanol–water partition coefficient (Wildman–Crippen LogP) is 3.84. The first-order chi connectivity index (χ1) is 9.79. The lowest BCUT2D eigenvalue weighted by atomic mass is 10.0. The fourth-order valence-corrected chi connectivity index (χ4v) is 1.96. The molecule has 0 atom stereocenters. The van der Waals surface area contributed by atoms with Crippen molar-refractivity contribution in [1.29, 1.82) is 0 Å². The van der Waals surface area contributed by atoms with E-state index in [1.807, 2.05) is 65.1 Å². The van der Waals surface area contributed by atoms with Crippen LogP contribution in [0.2, 0.25) is 0 Å². The zero-order chi connectivity index (χ0) is 14.2. The molecule has 0 bridgehead atoms. The maximum absolute atomic E-state index is 11.5. The van der Waals surface area contributed by atoms with E-state index in [0.29, 0.717) is 0 Å². The molecule has 0 aliphatic rings. The van der Waals surface area contributed by atoms with Gasteiger partial charge in [-0.2, -0.15) is 0 Å². The average Bonchev–Trinajstić information content (AvgIpc) is 2.49. The SMILES string of the molecule is O=C(Cc1ccc(-c2ccccc2)cc1)OCC#CI. The van der Waals surface area contributed by atoms with Crippen LogP contribution >= 0.6 is 22.6 Å². The van der Waals surface area contributed by atoms with Crippen molar-refractivity contribution in [2.45, 2.75) is 6.42 Å². The van der Waals surface area contributed by atoms with Gasteiger partial charge in [0.25, 0.3) is 0 Å². The van der Waals surface area contributed by atoms with E-state index in [9.17, 15) is 4.79 Å². The summed E-state index contributed by atoms with van der Waals surface area (Å²) in [7, 11) is 0. The lowest BCUT2D eigenvalue weighted by Gasteiger charge is -2.04. The van der Waals surface area contributed by atoms with Gasteiger partial charge in [-0.3, -0.25) is 4.79 Å². The van der Waals surface area contributed by atoms with Gasteiger partial charge in [0.2, 0.25) is 0 Å². The van der Waals surface area contributed by atoms with Crippen LogP contribution in [-0.4, -0.2) is 12.6 Å². The Kier molecular flexibility index (Phi) is 5.63. The lowest BCUT2D eigenvalue weighted by Crippen LogP contribution is -2.07. The van der Waals surface area contributed by atoms with E-state index in [0.717, 1.165) is 11.1 Å². The van der Waals surface area contributed by atoms with Gasteiger partial charge in [-0.05, 0) is 20.6 Å². The number of benzene rings is 2. The van der Waals surface area contributed by atoms with Crippen molar-refractivity contribution in [1.82, 2.24) is 0 Å². The summed E-state index contributed by atoms with van der Waals surface area (Å²) in [4.78, 5) is 11.5. The summed E-state index contributed by atoms with van der Waals surface area (Å²) in [5.41, 5.74) is 3.24. The van der Waals surface area contributed by atoms with Crippen molar-refractivity contribution >= 4 is 28.6 Å². The number of ether oxygens (including phenoxy) is 1. The minimum absolute atomic E-state index is 0.157. The largest absolute Gasteiger partial charge is 0.452 e. The Bertz CT molecular complexity index is 622. The summed E-state index contributed by atoms with van der Waals surface area (Å²) in [6, 6.07) is 18.1. The third kappa shape index (κ3) is 4.39. The Morgan fingerprint density at radius 2 is 1.65 bits per heavy atom. The maximum atomic E-state index is 11.5. The van der Waals surface area contributed by atoms with E-state index in [1.165, 1.54) is 5.56 Å². The van der Waals surface area contributed by atoms with Crippen molar-refractivity contribution < 1.29 is 9.53 Å². The highest BCUT2D eigenvalue weighted by Crippen LogP contribution is 2.19. The highest BCUT2D eigenvalue weighted by atomic mass is 127. The molecule has 3 heteroatoms.